The van der Waals surface area contributed by atoms with Crippen LogP contribution >= 0.6 is 11.8 Å². The lowest BCUT2D eigenvalue weighted by atomic mass is 9.97. The highest BCUT2D eigenvalue weighted by molar-refractivity contribution is 7.99. The van der Waals surface area contributed by atoms with Gasteiger partial charge in [0.25, 0.3) is 0 Å². The van der Waals surface area contributed by atoms with Crippen molar-refractivity contribution in [3.05, 3.63) is 24.3 Å². The Bertz CT molecular complexity index is 967. The molecule has 1 fully saturated rings. The summed E-state index contributed by atoms with van der Waals surface area (Å²) in [6.07, 6.45) is 2.23. The molecule has 0 aromatic heterocycles. The monoisotopic (exact) mass is 515 g/mol. The number of nitrogens with one attached hydrogen (secondary N) is 2. The van der Waals surface area contributed by atoms with Gasteiger partial charge in [-0.2, -0.15) is 16.1 Å². The number of carbonyl (C=O) groups excluding carboxylic acids is 3. The van der Waals surface area contributed by atoms with E-state index in [4.69, 9.17) is 9.47 Å². The van der Waals surface area contributed by atoms with Crippen LogP contribution < -0.4 is 15.4 Å². The molecular formula is C22H33N3O7S2. The summed E-state index contributed by atoms with van der Waals surface area (Å²) in [5.41, 5.74) is 0. The van der Waals surface area contributed by atoms with Gasteiger partial charge in [-0.25, -0.2) is 13.2 Å². The second kappa shape index (κ2) is 12.4. The molecule has 190 valence electrons. The third-order valence-electron chi connectivity index (χ3n) is 5.58. The van der Waals surface area contributed by atoms with E-state index in [1.54, 1.807) is 20.1 Å². The normalized spacial score (nSPS) is 19.8. The highest BCUT2D eigenvalue weighted by atomic mass is 32.2. The smallest absolute Gasteiger partial charge is 0.328 e. The van der Waals surface area contributed by atoms with Crippen LogP contribution in [-0.4, -0.2) is 81.4 Å². The topological polar surface area (TPSA) is 131 Å². The van der Waals surface area contributed by atoms with Crippen molar-refractivity contribution in [2.75, 3.05) is 32.8 Å². The van der Waals surface area contributed by atoms with Crippen LogP contribution in [0, 0.1) is 5.92 Å². The van der Waals surface area contributed by atoms with Crippen molar-refractivity contribution in [2.24, 2.45) is 5.92 Å². The van der Waals surface area contributed by atoms with Gasteiger partial charge in [-0.3, -0.25) is 9.59 Å². The minimum atomic E-state index is -4.04. The average molecular weight is 516 g/mol. The summed E-state index contributed by atoms with van der Waals surface area (Å²) in [5, 5.41) is 5.52. The van der Waals surface area contributed by atoms with Crippen molar-refractivity contribution in [2.45, 2.75) is 49.7 Å². The molecule has 2 N–H and O–H groups in total. The molecule has 0 radical (unpaired) electrons. The Hall–Kier alpha value is -2.31. The number of amides is 2. The van der Waals surface area contributed by atoms with Gasteiger partial charge in [-0.1, -0.05) is 13.8 Å². The van der Waals surface area contributed by atoms with E-state index in [1.807, 2.05) is 0 Å². The molecule has 10 nitrogen and oxygen atoms in total. The van der Waals surface area contributed by atoms with E-state index in [0.29, 0.717) is 12.2 Å². The second-order valence-corrected chi connectivity index (χ2v) is 11.0. The first-order valence-corrected chi connectivity index (χ1v) is 13.7. The first kappa shape index (κ1) is 27.9. The number of esters is 1. The number of methoxy groups -OCH3 is 2. The van der Waals surface area contributed by atoms with E-state index in [1.165, 1.54) is 50.2 Å². The van der Waals surface area contributed by atoms with Crippen molar-refractivity contribution in [3.63, 3.8) is 0 Å². The number of rotatable bonds is 10. The first-order valence-electron chi connectivity index (χ1n) is 10.9. The molecule has 2 rings (SSSR count). The Balaban J connectivity index is 2.35. The van der Waals surface area contributed by atoms with Crippen LogP contribution in [0.5, 0.6) is 5.75 Å². The van der Waals surface area contributed by atoms with Gasteiger partial charge >= 0.3 is 5.97 Å². The first-order chi connectivity index (χ1) is 16.0. The number of carbonyl (C=O) groups is 3. The van der Waals surface area contributed by atoms with Crippen LogP contribution in [0.4, 0.5) is 0 Å². The number of hydrogen-bond acceptors (Lipinski definition) is 8. The van der Waals surface area contributed by atoms with E-state index in [9.17, 15) is 22.8 Å². The van der Waals surface area contributed by atoms with Gasteiger partial charge in [0.15, 0.2) is 0 Å². The quantitative estimate of drug-likeness (QED) is 0.442. The van der Waals surface area contributed by atoms with Crippen molar-refractivity contribution < 1.29 is 32.3 Å². The number of hydrogen-bond donors (Lipinski definition) is 2. The van der Waals surface area contributed by atoms with Crippen LogP contribution in [0.15, 0.2) is 29.2 Å². The highest BCUT2D eigenvalue weighted by Gasteiger charge is 2.42. The molecule has 1 aliphatic heterocycles. The highest BCUT2D eigenvalue weighted by Crippen LogP contribution is 2.27. The number of sulfonamides is 1. The Morgan fingerprint density at radius 3 is 2.35 bits per heavy atom. The van der Waals surface area contributed by atoms with E-state index >= 15 is 0 Å². The molecule has 0 spiro atoms. The molecule has 1 heterocycles. The summed E-state index contributed by atoms with van der Waals surface area (Å²) in [6, 6.07) is 3.46. The van der Waals surface area contributed by atoms with E-state index < -0.39 is 34.0 Å². The summed E-state index contributed by atoms with van der Waals surface area (Å²) in [6.45, 7) is 3.53. The standard InChI is InChI=1S/C22H33N3O7S2/c1-14(2)20(22(28)32-4)24-21(27)18-12-15(23-19(26)13-33-5)10-11-25(18)34(29,30)17-8-6-16(31-3)7-9-17/h6-9,14-15,18,20H,10-13H2,1-5H3,(H,23,26)(H,24,27)/t15-,18-,20+/m0/s1. The predicted octanol–water partition coefficient (Wildman–Crippen LogP) is 1.01. The maximum Gasteiger partial charge on any atom is 0.328 e. The molecule has 1 aromatic carbocycles. The summed E-state index contributed by atoms with van der Waals surface area (Å²) in [5.74, 6) is -0.930. The van der Waals surface area contributed by atoms with Crippen molar-refractivity contribution in [1.82, 2.24) is 14.9 Å². The number of thioether (sulfide) groups is 1. The molecule has 1 aliphatic rings. The fourth-order valence-corrected chi connectivity index (χ4v) is 5.72. The molecule has 2 amide bonds. The molecule has 0 saturated carbocycles. The van der Waals surface area contributed by atoms with Crippen molar-refractivity contribution in [3.8, 4) is 5.75 Å². The average Bonchev–Trinajstić information content (AvgIpc) is 2.81. The number of nitrogens with zero attached hydrogens (tertiary/aromatic N) is 1. The fraction of sp³-hybridized carbons (Fsp3) is 0.591. The largest absolute Gasteiger partial charge is 0.497 e. The minimum absolute atomic E-state index is 0.0179. The number of piperidine rings is 1. The van der Waals surface area contributed by atoms with Crippen LogP contribution in [0.3, 0.4) is 0 Å². The zero-order chi connectivity index (χ0) is 25.5. The summed E-state index contributed by atoms with van der Waals surface area (Å²) < 4.78 is 38.0. The molecule has 12 heteroatoms. The van der Waals surface area contributed by atoms with E-state index in [0.717, 1.165) is 4.31 Å². The van der Waals surface area contributed by atoms with Gasteiger partial charge in [-0.05, 0) is 49.3 Å². The lowest BCUT2D eigenvalue weighted by molar-refractivity contribution is -0.147. The fourth-order valence-electron chi connectivity index (χ4n) is 3.76. The summed E-state index contributed by atoms with van der Waals surface area (Å²) >= 11 is 1.37. The summed E-state index contributed by atoms with van der Waals surface area (Å²) in [4.78, 5) is 37.6. The molecule has 3 atom stereocenters. The Labute approximate surface area is 205 Å². The molecule has 34 heavy (non-hydrogen) atoms. The minimum Gasteiger partial charge on any atom is -0.497 e. The van der Waals surface area contributed by atoms with Gasteiger partial charge in [0.2, 0.25) is 21.8 Å². The molecule has 0 unspecified atom stereocenters. The van der Waals surface area contributed by atoms with Crippen molar-refractivity contribution >= 4 is 39.6 Å². The third-order valence-corrected chi connectivity index (χ3v) is 8.06. The maximum absolute atomic E-state index is 13.5. The molecular weight excluding hydrogens is 482 g/mol. The summed E-state index contributed by atoms with van der Waals surface area (Å²) in [7, 11) is -1.34. The Kier molecular flexibility index (Phi) is 10.2. The third kappa shape index (κ3) is 6.86. The SMILES string of the molecule is COC(=O)[C@H](NC(=O)[C@@H]1C[C@@H](NC(=O)CSC)CCN1S(=O)(=O)c1ccc(OC)cc1)C(C)C. The predicted molar refractivity (Wildman–Crippen MR) is 129 cm³/mol. The van der Waals surface area contributed by atoms with Crippen LogP contribution in [0.1, 0.15) is 26.7 Å². The van der Waals surface area contributed by atoms with Crippen LogP contribution in [0.25, 0.3) is 0 Å². The lowest BCUT2D eigenvalue weighted by Gasteiger charge is -2.38. The Morgan fingerprint density at radius 1 is 1.18 bits per heavy atom. The van der Waals surface area contributed by atoms with Gasteiger partial charge in [0, 0.05) is 12.6 Å². The van der Waals surface area contributed by atoms with Crippen molar-refractivity contribution in [1.29, 1.82) is 0 Å². The molecule has 0 aliphatic carbocycles. The van der Waals surface area contributed by atoms with Crippen LogP contribution in [-0.2, 0) is 29.1 Å². The molecule has 1 aromatic rings. The van der Waals surface area contributed by atoms with Crippen LogP contribution in [0.2, 0.25) is 0 Å². The number of benzene rings is 1. The van der Waals surface area contributed by atoms with Gasteiger partial charge < -0.3 is 20.1 Å². The lowest BCUT2D eigenvalue weighted by Crippen LogP contribution is -2.59. The van der Waals surface area contributed by atoms with Gasteiger partial charge in [0.1, 0.15) is 17.8 Å². The van der Waals surface area contributed by atoms with Gasteiger partial charge in [-0.15, -0.1) is 0 Å². The zero-order valence-electron chi connectivity index (χ0n) is 20.1. The molecule has 1 saturated heterocycles. The molecule has 0 bridgehead atoms. The Morgan fingerprint density at radius 2 is 1.82 bits per heavy atom. The zero-order valence-corrected chi connectivity index (χ0v) is 21.7. The number of ether oxygens (including phenoxy) is 2. The second-order valence-electron chi connectivity index (χ2n) is 8.28. The van der Waals surface area contributed by atoms with E-state index in [-0.39, 0.29) is 41.5 Å². The van der Waals surface area contributed by atoms with E-state index in [2.05, 4.69) is 10.6 Å². The van der Waals surface area contributed by atoms with Gasteiger partial charge in [0.05, 0.1) is 24.9 Å². The maximum atomic E-state index is 13.5.